The molecular weight excluding hydrogens is 560 g/mol. The van der Waals surface area contributed by atoms with E-state index in [0.29, 0.717) is 38.9 Å². The van der Waals surface area contributed by atoms with Gasteiger partial charge in [0.15, 0.2) is 5.96 Å². The Morgan fingerprint density at radius 1 is 0.953 bits per heavy atom. The van der Waals surface area contributed by atoms with Gasteiger partial charge in [-0.15, -0.1) is 11.8 Å². The number of guanidine groups is 1. The smallest absolute Gasteiger partial charge is 0.410 e. The molecule has 0 aliphatic carbocycles. The van der Waals surface area contributed by atoms with Crippen LogP contribution in [0.4, 0.5) is 4.79 Å². The first-order valence-electron chi connectivity index (χ1n) is 14.6. The van der Waals surface area contributed by atoms with Crippen LogP contribution in [0.3, 0.4) is 0 Å². The molecule has 8 nitrogen and oxygen atoms in total. The molecule has 2 atom stereocenters. The summed E-state index contributed by atoms with van der Waals surface area (Å²) in [4.78, 5) is 34.4. The van der Waals surface area contributed by atoms with Crippen LogP contribution in [0.1, 0.15) is 36.0 Å². The topological polar surface area (TPSA) is 108 Å². The van der Waals surface area contributed by atoms with Gasteiger partial charge in [-0.1, -0.05) is 104 Å². The van der Waals surface area contributed by atoms with Gasteiger partial charge >= 0.3 is 6.09 Å². The number of nitrogens with two attached hydrogens (primary N) is 1. The molecule has 2 saturated heterocycles. The molecule has 0 bridgehead atoms. The SMILES string of the molecule is C=CCOC(=O)N1C[C@@H](SC(c2ccccc2)(c2ccccc2)c2ccccc2)C[C@H]1C(=O)N=C(N)N1CCC(O)CC1. The summed E-state index contributed by atoms with van der Waals surface area (Å²) in [6, 6.07) is 30.1. The summed E-state index contributed by atoms with van der Waals surface area (Å²) in [6.07, 6.45) is 2.06. The van der Waals surface area contributed by atoms with Crippen molar-refractivity contribution in [3.05, 3.63) is 120 Å². The maximum Gasteiger partial charge on any atom is 0.410 e. The van der Waals surface area contributed by atoms with Crippen molar-refractivity contribution in [1.82, 2.24) is 9.80 Å². The Balaban J connectivity index is 1.50. The molecule has 224 valence electrons. The second-order valence-electron chi connectivity index (χ2n) is 10.8. The van der Waals surface area contributed by atoms with Gasteiger partial charge in [-0.3, -0.25) is 9.69 Å². The van der Waals surface area contributed by atoms with E-state index in [1.807, 2.05) is 54.6 Å². The highest BCUT2D eigenvalue weighted by molar-refractivity contribution is 8.01. The lowest BCUT2D eigenvalue weighted by Crippen LogP contribution is -2.46. The van der Waals surface area contributed by atoms with Crippen LogP contribution >= 0.6 is 11.8 Å². The minimum atomic E-state index is -0.830. The number of hydrogen-bond acceptors (Lipinski definition) is 5. The average molecular weight is 599 g/mol. The van der Waals surface area contributed by atoms with E-state index in [0.717, 1.165) is 16.7 Å². The predicted molar refractivity (Wildman–Crippen MR) is 171 cm³/mol. The van der Waals surface area contributed by atoms with E-state index in [9.17, 15) is 14.7 Å². The molecule has 2 heterocycles. The second-order valence-corrected chi connectivity index (χ2v) is 12.3. The molecule has 0 saturated carbocycles. The van der Waals surface area contributed by atoms with E-state index >= 15 is 0 Å². The Kier molecular flexibility index (Phi) is 9.84. The van der Waals surface area contributed by atoms with Crippen molar-refractivity contribution in [3.8, 4) is 0 Å². The standard InChI is InChI=1S/C34H38N4O4S/c1-2-22-42-33(41)38-24-29(23-30(38)31(40)36-32(35)37-20-18-28(39)19-21-37)43-34(25-12-6-3-7-13-25,26-14-8-4-9-15-26)27-16-10-5-11-17-27/h2-17,28-30,39H,1,18-24H2,(H2,35,36,40)/t29-,30-/m0/s1. The normalized spacial score (nSPS) is 19.7. The van der Waals surface area contributed by atoms with E-state index < -0.39 is 22.8 Å². The lowest BCUT2D eigenvalue weighted by Gasteiger charge is -2.37. The van der Waals surface area contributed by atoms with Gasteiger partial charge in [0.05, 0.1) is 10.9 Å². The number of carbonyl (C=O) groups excluding carboxylic acids is 2. The van der Waals surface area contributed by atoms with Crippen molar-refractivity contribution in [2.45, 2.75) is 41.4 Å². The monoisotopic (exact) mass is 598 g/mol. The summed E-state index contributed by atoms with van der Waals surface area (Å²) in [5, 5.41) is 9.73. The van der Waals surface area contributed by atoms with Gasteiger partial charge in [0.25, 0.3) is 5.91 Å². The molecule has 2 amide bonds. The first kappa shape index (κ1) is 30.4. The van der Waals surface area contributed by atoms with Crippen LogP contribution in [0.25, 0.3) is 0 Å². The number of rotatable bonds is 8. The number of aliphatic hydroxyl groups is 1. The molecule has 9 heteroatoms. The molecule has 2 aliphatic heterocycles. The van der Waals surface area contributed by atoms with Crippen LogP contribution in [0.2, 0.25) is 0 Å². The van der Waals surface area contributed by atoms with Gasteiger partial charge in [-0.25, -0.2) is 4.79 Å². The van der Waals surface area contributed by atoms with Crippen LogP contribution in [-0.4, -0.2) is 76.5 Å². The van der Waals surface area contributed by atoms with Crippen LogP contribution in [0, 0.1) is 0 Å². The molecule has 43 heavy (non-hydrogen) atoms. The molecule has 5 rings (SSSR count). The summed E-state index contributed by atoms with van der Waals surface area (Å²) < 4.78 is 4.80. The Hall–Kier alpha value is -4.08. The van der Waals surface area contributed by atoms with Gasteiger partial charge in [0.1, 0.15) is 12.6 Å². The highest BCUT2D eigenvalue weighted by atomic mass is 32.2. The lowest BCUT2D eigenvalue weighted by molar-refractivity contribution is -0.121. The zero-order valence-corrected chi connectivity index (χ0v) is 24.9. The number of ether oxygens (including phenoxy) is 1. The number of nitrogens with zero attached hydrogens (tertiary/aromatic N) is 3. The number of aliphatic hydroxyl groups excluding tert-OH is 1. The van der Waals surface area contributed by atoms with Gasteiger partial charge < -0.3 is 20.5 Å². The number of thioether (sulfide) groups is 1. The fraction of sp³-hybridized carbons (Fsp3) is 0.324. The van der Waals surface area contributed by atoms with Gasteiger partial charge in [-0.05, 0) is 36.0 Å². The van der Waals surface area contributed by atoms with Crippen molar-refractivity contribution in [1.29, 1.82) is 0 Å². The molecular formula is C34H38N4O4S. The third kappa shape index (κ3) is 6.78. The fourth-order valence-electron chi connectivity index (χ4n) is 5.86. The number of hydrogen-bond donors (Lipinski definition) is 2. The number of amides is 2. The van der Waals surface area contributed by atoms with E-state index in [4.69, 9.17) is 10.5 Å². The highest BCUT2D eigenvalue weighted by Gasteiger charge is 2.46. The van der Waals surface area contributed by atoms with Crippen LogP contribution in [0.5, 0.6) is 0 Å². The molecule has 2 aliphatic rings. The van der Waals surface area contributed by atoms with Crippen LogP contribution in [0.15, 0.2) is 109 Å². The molecule has 3 aromatic rings. The number of carbonyl (C=O) groups is 2. The van der Waals surface area contributed by atoms with Gasteiger partial charge in [-0.2, -0.15) is 4.99 Å². The highest BCUT2D eigenvalue weighted by Crippen LogP contribution is 2.52. The van der Waals surface area contributed by atoms with E-state index in [1.54, 1.807) is 16.7 Å². The maximum atomic E-state index is 13.7. The molecule has 3 aromatic carbocycles. The molecule has 3 N–H and O–H groups in total. The third-order valence-corrected chi connectivity index (χ3v) is 9.74. The van der Waals surface area contributed by atoms with Crippen LogP contribution in [-0.2, 0) is 14.3 Å². The van der Waals surface area contributed by atoms with Gasteiger partial charge in [0, 0.05) is 24.9 Å². The number of likely N-dealkylation sites (tertiary alicyclic amines) is 2. The Labute approximate surface area is 257 Å². The largest absolute Gasteiger partial charge is 0.445 e. The Bertz CT molecular complexity index is 1320. The summed E-state index contributed by atoms with van der Waals surface area (Å²) in [5.74, 6) is -0.369. The van der Waals surface area contributed by atoms with E-state index in [2.05, 4.69) is 48.0 Å². The summed E-state index contributed by atoms with van der Waals surface area (Å²) in [7, 11) is 0. The molecule has 2 fully saturated rings. The zero-order chi connectivity index (χ0) is 30.2. The van der Waals surface area contributed by atoms with Crippen molar-refractivity contribution in [2.75, 3.05) is 26.2 Å². The number of benzene rings is 3. The predicted octanol–water partition coefficient (Wildman–Crippen LogP) is 4.78. The van der Waals surface area contributed by atoms with E-state index in [-0.39, 0.29) is 23.9 Å². The summed E-state index contributed by atoms with van der Waals surface area (Å²) in [5.41, 5.74) is 9.55. The first-order chi connectivity index (χ1) is 20.9. The number of piperidine rings is 1. The van der Waals surface area contributed by atoms with Crippen LogP contribution < -0.4 is 5.73 Å². The Morgan fingerprint density at radius 3 is 1.95 bits per heavy atom. The first-order valence-corrected chi connectivity index (χ1v) is 15.5. The van der Waals surface area contributed by atoms with Gasteiger partial charge in [0.2, 0.25) is 0 Å². The number of aliphatic imine (C=N–C) groups is 1. The molecule has 0 radical (unpaired) electrons. The summed E-state index contributed by atoms with van der Waals surface area (Å²) in [6.45, 7) is 5.03. The third-order valence-electron chi connectivity index (χ3n) is 8.00. The maximum absolute atomic E-state index is 13.7. The lowest BCUT2D eigenvalue weighted by atomic mass is 9.84. The minimum Gasteiger partial charge on any atom is -0.445 e. The molecule has 0 spiro atoms. The van der Waals surface area contributed by atoms with Crippen molar-refractivity contribution in [2.24, 2.45) is 10.7 Å². The zero-order valence-electron chi connectivity index (χ0n) is 24.1. The van der Waals surface area contributed by atoms with Crippen molar-refractivity contribution >= 4 is 29.7 Å². The van der Waals surface area contributed by atoms with Crippen molar-refractivity contribution < 1.29 is 19.4 Å². The average Bonchev–Trinajstić information content (AvgIpc) is 3.48. The summed E-state index contributed by atoms with van der Waals surface area (Å²) >= 11 is 1.73. The fourth-order valence-corrected chi connectivity index (χ4v) is 7.69. The minimum absolute atomic E-state index is 0.0392. The quantitative estimate of drug-likeness (QED) is 0.166. The Morgan fingerprint density at radius 2 is 1.47 bits per heavy atom. The molecule has 0 aromatic heterocycles. The van der Waals surface area contributed by atoms with E-state index in [1.165, 1.54) is 11.0 Å². The van der Waals surface area contributed by atoms with Crippen molar-refractivity contribution in [3.63, 3.8) is 0 Å². The second kappa shape index (κ2) is 13.9. The molecule has 0 unspecified atom stereocenters.